The van der Waals surface area contributed by atoms with Crippen LogP contribution in [0.4, 0.5) is 11.4 Å². The molecule has 1 aliphatic heterocycles. The largest absolute Gasteiger partial charge is 0.322 e. The quantitative estimate of drug-likeness (QED) is 0.942. The van der Waals surface area contributed by atoms with E-state index in [0.717, 1.165) is 11.3 Å². The minimum Gasteiger partial charge on any atom is -0.322 e. The van der Waals surface area contributed by atoms with E-state index >= 15 is 0 Å². The second-order valence-corrected chi connectivity index (χ2v) is 5.50. The summed E-state index contributed by atoms with van der Waals surface area (Å²) < 4.78 is 0. The van der Waals surface area contributed by atoms with Crippen LogP contribution in [0.1, 0.15) is 22.8 Å². The standard InChI is InChI=1S/C17H15ClN2O2/c1-2-20-15-8-7-12(9-11(15)10-16(20)21)19-17(22)13-5-3-4-6-14(13)18/h3-9H,2,10H2,1H3,(H,19,22). The number of hydrogen-bond donors (Lipinski definition) is 1. The second-order valence-electron chi connectivity index (χ2n) is 5.09. The Morgan fingerprint density at radius 1 is 1.27 bits per heavy atom. The summed E-state index contributed by atoms with van der Waals surface area (Å²) in [7, 11) is 0. The summed E-state index contributed by atoms with van der Waals surface area (Å²) in [6.45, 7) is 2.59. The van der Waals surface area contributed by atoms with Gasteiger partial charge in [-0.1, -0.05) is 23.7 Å². The van der Waals surface area contributed by atoms with Gasteiger partial charge in [0.2, 0.25) is 5.91 Å². The molecule has 0 spiro atoms. The minimum absolute atomic E-state index is 0.0899. The minimum atomic E-state index is -0.262. The van der Waals surface area contributed by atoms with Gasteiger partial charge in [0.05, 0.1) is 17.0 Å². The summed E-state index contributed by atoms with van der Waals surface area (Å²) in [6, 6.07) is 12.4. The van der Waals surface area contributed by atoms with Crippen LogP contribution in [0.25, 0.3) is 0 Å². The van der Waals surface area contributed by atoms with Crippen LogP contribution in [-0.4, -0.2) is 18.4 Å². The number of anilines is 2. The van der Waals surface area contributed by atoms with Crippen molar-refractivity contribution in [3.8, 4) is 0 Å². The highest BCUT2D eigenvalue weighted by molar-refractivity contribution is 6.34. The first-order valence-corrected chi connectivity index (χ1v) is 7.47. The van der Waals surface area contributed by atoms with E-state index in [4.69, 9.17) is 11.6 Å². The molecule has 0 aliphatic carbocycles. The van der Waals surface area contributed by atoms with E-state index in [9.17, 15) is 9.59 Å². The number of rotatable bonds is 3. The lowest BCUT2D eigenvalue weighted by Gasteiger charge is -2.15. The fourth-order valence-electron chi connectivity index (χ4n) is 2.65. The number of fused-ring (bicyclic) bond motifs is 1. The van der Waals surface area contributed by atoms with Crippen molar-refractivity contribution in [1.29, 1.82) is 0 Å². The van der Waals surface area contributed by atoms with Crippen LogP contribution in [0, 0.1) is 0 Å². The Labute approximate surface area is 133 Å². The van der Waals surface area contributed by atoms with E-state index in [0.29, 0.717) is 29.2 Å². The van der Waals surface area contributed by atoms with E-state index in [1.807, 2.05) is 19.1 Å². The highest BCUT2D eigenvalue weighted by atomic mass is 35.5. The third-order valence-electron chi connectivity index (χ3n) is 3.71. The van der Waals surface area contributed by atoms with Crippen molar-refractivity contribution in [2.45, 2.75) is 13.3 Å². The normalized spacial score (nSPS) is 13.2. The van der Waals surface area contributed by atoms with Crippen LogP contribution >= 0.6 is 11.6 Å². The third kappa shape index (κ3) is 2.57. The highest BCUT2D eigenvalue weighted by Gasteiger charge is 2.26. The molecule has 2 amide bonds. The molecule has 4 nitrogen and oxygen atoms in total. The van der Waals surface area contributed by atoms with Crippen LogP contribution < -0.4 is 10.2 Å². The maximum absolute atomic E-state index is 12.2. The zero-order valence-corrected chi connectivity index (χ0v) is 12.9. The lowest BCUT2D eigenvalue weighted by Crippen LogP contribution is -2.25. The van der Waals surface area contributed by atoms with Crippen molar-refractivity contribution in [1.82, 2.24) is 0 Å². The van der Waals surface area contributed by atoms with Crippen molar-refractivity contribution in [2.24, 2.45) is 0 Å². The molecule has 5 heteroatoms. The molecular formula is C17H15ClN2O2. The summed E-state index contributed by atoms with van der Waals surface area (Å²) >= 11 is 6.02. The van der Waals surface area contributed by atoms with Crippen molar-refractivity contribution >= 4 is 34.8 Å². The van der Waals surface area contributed by atoms with Crippen molar-refractivity contribution in [2.75, 3.05) is 16.8 Å². The highest BCUT2D eigenvalue weighted by Crippen LogP contribution is 2.31. The predicted octanol–water partition coefficient (Wildman–Crippen LogP) is 3.50. The first-order chi connectivity index (χ1) is 10.6. The van der Waals surface area contributed by atoms with Gasteiger partial charge >= 0.3 is 0 Å². The number of likely N-dealkylation sites (N-methyl/N-ethyl adjacent to an activating group) is 1. The fourth-order valence-corrected chi connectivity index (χ4v) is 2.87. The van der Waals surface area contributed by atoms with E-state index in [-0.39, 0.29) is 11.8 Å². The molecule has 0 unspecified atom stereocenters. The van der Waals surface area contributed by atoms with Crippen molar-refractivity contribution < 1.29 is 9.59 Å². The lowest BCUT2D eigenvalue weighted by atomic mass is 10.1. The predicted molar refractivity (Wildman–Crippen MR) is 87.6 cm³/mol. The number of nitrogens with one attached hydrogen (secondary N) is 1. The van der Waals surface area contributed by atoms with Gasteiger partial charge in [-0.05, 0) is 42.8 Å². The summed E-state index contributed by atoms with van der Waals surface area (Å²) in [6.07, 6.45) is 0.374. The molecule has 1 aliphatic rings. The van der Waals surface area contributed by atoms with Gasteiger partial charge in [0.15, 0.2) is 0 Å². The van der Waals surface area contributed by atoms with E-state index in [2.05, 4.69) is 5.32 Å². The summed E-state index contributed by atoms with van der Waals surface area (Å²) in [5, 5.41) is 3.23. The molecule has 0 bridgehead atoms. The van der Waals surface area contributed by atoms with E-state index < -0.39 is 0 Å². The van der Waals surface area contributed by atoms with Gasteiger partial charge in [0.1, 0.15) is 0 Å². The molecule has 22 heavy (non-hydrogen) atoms. The number of carbonyl (C=O) groups is 2. The molecular weight excluding hydrogens is 300 g/mol. The molecule has 2 aromatic rings. The molecule has 112 valence electrons. The maximum Gasteiger partial charge on any atom is 0.257 e. The van der Waals surface area contributed by atoms with E-state index in [1.165, 1.54) is 0 Å². The van der Waals surface area contributed by atoms with Gasteiger partial charge in [-0.25, -0.2) is 0 Å². The molecule has 0 radical (unpaired) electrons. The topological polar surface area (TPSA) is 49.4 Å². The third-order valence-corrected chi connectivity index (χ3v) is 4.04. The molecule has 0 saturated carbocycles. The number of benzene rings is 2. The van der Waals surface area contributed by atoms with Crippen LogP contribution in [0.3, 0.4) is 0 Å². The van der Waals surface area contributed by atoms with Crippen LogP contribution in [0.15, 0.2) is 42.5 Å². The molecule has 0 aromatic heterocycles. The maximum atomic E-state index is 12.2. The average molecular weight is 315 g/mol. The molecule has 0 atom stereocenters. The Morgan fingerprint density at radius 3 is 2.77 bits per heavy atom. The van der Waals surface area contributed by atoms with Gasteiger partial charge in [0, 0.05) is 17.9 Å². The number of halogens is 1. The second kappa shape index (κ2) is 5.81. The SMILES string of the molecule is CCN1C(=O)Cc2cc(NC(=O)c3ccccc3Cl)ccc21. The van der Waals surface area contributed by atoms with Gasteiger partial charge in [-0.3, -0.25) is 9.59 Å². The first-order valence-electron chi connectivity index (χ1n) is 7.09. The van der Waals surface area contributed by atoms with Crippen molar-refractivity contribution in [3.63, 3.8) is 0 Å². The van der Waals surface area contributed by atoms with Gasteiger partial charge in [-0.2, -0.15) is 0 Å². The monoisotopic (exact) mass is 314 g/mol. The van der Waals surface area contributed by atoms with Gasteiger partial charge in [-0.15, -0.1) is 0 Å². The molecule has 1 N–H and O–H groups in total. The number of carbonyl (C=O) groups excluding carboxylic acids is 2. The summed E-state index contributed by atoms with van der Waals surface area (Å²) in [5.41, 5.74) is 2.94. The Hall–Kier alpha value is -2.33. The zero-order valence-electron chi connectivity index (χ0n) is 12.1. The summed E-state index contributed by atoms with van der Waals surface area (Å²) in [4.78, 5) is 25.9. The average Bonchev–Trinajstić information content (AvgIpc) is 2.81. The Balaban J connectivity index is 1.83. The first kappa shape index (κ1) is 14.6. The Morgan fingerprint density at radius 2 is 2.05 bits per heavy atom. The number of nitrogens with zero attached hydrogens (tertiary/aromatic N) is 1. The van der Waals surface area contributed by atoms with Gasteiger partial charge < -0.3 is 10.2 Å². The Bertz CT molecular complexity index is 758. The van der Waals surface area contributed by atoms with Crippen LogP contribution in [0.5, 0.6) is 0 Å². The van der Waals surface area contributed by atoms with E-state index in [1.54, 1.807) is 35.2 Å². The molecule has 0 fully saturated rings. The lowest BCUT2D eigenvalue weighted by molar-refractivity contribution is -0.117. The van der Waals surface area contributed by atoms with Gasteiger partial charge in [0.25, 0.3) is 5.91 Å². The number of amides is 2. The van der Waals surface area contributed by atoms with Crippen LogP contribution in [-0.2, 0) is 11.2 Å². The van der Waals surface area contributed by atoms with Crippen LogP contribution in [0.2, 0.25) is 5.02 Å². The Kier molecular flexibility index (Phi) is 3.86. The summed E-state index contributed by atoms with van der Waals surface area (Å²) in [5.74, 6) is -0.172. The fraction of sp³-hybridized carbons (Fsp3) is 0.176. The molecule has 1 heterocycles. The molecule has 2 aromatic carbocycles. The zero-order chi connectivity index (χ0) is 15.7. The molecule has 3 rings (SSSR count). The van der Waals surface area contributed by atoms with Crippen molar-refractivity contribution in [3.05, 3.63) is 58.6 Å². The smallest absolute Gasteiger partial charge is 0.257 e. The molecule has 0 saturated heterocycles. The number of hydrogen-bond acceptors (Lipinski definition) is 2.